The number of thiazole rings is 1. The monoisotopic (exact) mass is 231 g/mol. The summed E-state index contributed by atoms with van der Waals surface area (Å²) in [7, 11) is 0. The summed E-state index contributed by atoms with van der Waals surface area (Å²) in [5, 5.41) is 4.84. The minimum absolute atomic E-state index is 0.637. The van der Waals surface area contributed by atoms with Gasteiger partial charge in [-0.05, 0) is 6.92 Å². The third kappa shape index (κ3) is 2.22. The Balaban J connectivity index is 2.14. The molecule has 1 aromatic rings. The number of aryl methyl sites for hydroxylation is 1. The number of hydrogen-bond donors (Lipinski definition) is 0. The maximum atomic E-state index is 4.57. The maximum Gasteiger partial charge on any atom is 0.107 e. The molecule has 1 fully saturated rings. The molecular weight excluding hydrogens is 218 g/mol. The van der Waals surface area contributed by atoms with E-state index in [4.69, 9.17) is 0 Å². The van der Waals surface area contributed by atoms with Crippen LogP contribution in [0.3, 0.4) is 0 Å². The zero-order chi connectivity index (χ0) is 9.26. The summed E-state index contributed by atoms with van der Waals surface area (Å²) >= 11 is 5.96. The van der Waals surface area contributed by atoms with E-state index in [1.54, 1.807) is 0 Å². The van der Waals surface area contributed by atoms with Crippen LogP contribution in [0.25, 0.3) is 0 Å². The van der Waals surface area contributed by atoms with E-state index in [-0.39, 0.29) is 0 Å². The summed E-state index contributed by atoms with van der Waals surface area (Å²) < 4.78 is 0. The molecular formula is C9H13NS3. The van der Waals surface area contributed by atoms with Crippen LogP contribution in [0, 0.1) is 6.92 Å². The second-order valence-corrected chi connectivity index (χ2v) is 6.82. The van der Waals surface area contributed by atoms with Crippen molar-refractivity contribution in [3.8, 4) is 0 Å². The van der Waals surface area contributed by atoms with E-state index < -0.39 is 0 Å². The Morgan fingerprint density at radius 3 is 2.77 bits per heavy atom. The lowest BCUT2D eigenvalue weighted by Gasteiger charge is -2.25. The van der Waals surface area contributed by atoms with Gasteiger partial charge in [0.15, 0.2) is 0 Å². The topological polar surface area (TPSA) is 12.9 Å². The largest absolute Gasteiger partial charge is 0.245 e. The van der Waals surface area contributed by atoms with E-state index >= 15 is 0 Å². The van der Waals surface area contributed by atoms with Gasteiger partial charge < -0.3 is 0 Å². The molecule has 0 aromatic carbocycles. The fraction of sp³-hybridized carbons (Fsp3) is 0.667. The summed E-state index contributed by atoms with van der Waals surface area (Å²) in [6.45, 7) is 4.39. The lowest BCUT2D eigenvalue weighted by atomic mass is 10.3. The predicted molar refractivity (Wildman–Crippen MR) is 64.0 cm³/mol. The van der Waals surface area contributed by atoms with Crippen molar-refractivity contribution in [2.24, 2.45) is 0 Å². The lowest BCUT2D eigenvalue weighted by Crippen LogP contribution is -2.15. The highest BCUT2D eigenvalue weighted by Gasteiger charge is 2.26. The molecule has 0 N–H and O–H groups in total. The summed E-state index contributed by atoms with van der Waals surface area (Å²) in [5.74, 6) is 2.57. The van der Waals surface area contributed by atoms with Crippen molar-refractivity contribution in [1.29, 1.82) is 0 Å². The van der Waals surface area contributed by atoms with E-state index in [0.29, 0.717) is 5.25 Å². The minimum atomic E-state index is 0.637. The highest BCUT2D eigenvalue weighted by molar-refractivity contribution is 8.06. The second kappa shape index (κ2) is 4.24. The van der Waals surface area contributed by atoms with Gasteiger partial charge in [-0.3, -0.25) is 0 Å². The quantitative estimate of drug-likeness (QED) is 0.735. The first kappa shape index (κ1) is 9.87. The molecule has 1 saturated heterocycles. The first-order valence-corrected chi connectivity index (χ1v) is 7.40. The normalized spacial score (nSPS) is 29.1. The van der Waals surface area contributed by atoms with Crippen LogP contribution in [0.5, 0.6) is 0 Å². The molecule has 2 atom stereocenters. The van der Waals surface area contributed by atoms with Gasteiger partial charge in [0.25, 0.3) is 0 Å². The average molecular weight is 231 g/mol. The molecule has 1 nitrogen and oxygen atoms in total. The molecule has 1 aliphatic rings. The summed E-state index contributed by atoms with van der Waals surface area (Å²) in [6.07, 6.45) is 0. The van der Waals surface area contributed by atoms with Crippen LogP contribution in [-0.2, 0) is 0 Å². The van der Waals surface area contributed by atoms with Crippen LogP contribution in [0.15, 0.2) is 5.38 Å². The predicted octanol–water partition coefficient (Wildman–Crippen LogP) is 3.36. The van der Waals surface area contributed by atoms with Crippen LogP contribution in [-0.4, -0.2) is 21.7 Å². The minimum Gasteiger partial charge on any atom is -0.245 e. The first-order valence-electron chi connectivity index (χ1n) is 4.42. The van der Waals surface area contributed by atoms with Crippen molar-refractivity contribution < 1.29 is 0 Å². The molecule has 0 amide bonds. The van der Waals surface area contributed by atoms with Gasteiger partial charge in [0.2, 0.25) is 0 Å². The molecule has 2 rings (SSSR count). The van der Waals surface area contributed by atoms with Gasteiger partial charge in [0.05, 0.1) is 5.25 Å². The Labute approximate surface area is 91.7 Å². The van der Waals surface area contributed by atoms with Crippen LogP contribution < -0.4 is 0 Å². The van der Waals surface area contributed by atoms with Crippen molar-refractivity contribution >= 4 is 34.9 Å². The number of rotatable bonds is 1. The van der Waals surface area contributed by atoms with Crippen molar-refractivity contribution in [3.63, 3.8) is 0 Å². The average Bonchev–Trinajstić information content (AvgIpc) is 2.53. The van der Waals surface area contributed by atoms with Crippen LogP contribution in [0.4, 0.5) is 0 Å². The first-order chi connectivity index (χ1) is 6.27. The van der Waals surface area contributed by atoms with Crippen molar-refractivity contribution in [2.75, 3.05) is 11.5 Å². The number of aromatic nitrogens is 1. The van der Waals surface area contributed by atoms with E-state index in [2.05, 4.69) is 47.7 Å². The maximum absolute atomic E-state index is 4.57. The van der Waals surface area contributed by atoms with Gasteiger partial charge in [-0.2, -0.15) is 11.8 Å². The Hall–Kier alpha value is 0.330. The molecule has 4 heteroatoms. The summed E-state index contributed by atoms with van der Waals surface area (Å²) in [4.78, 5) is 4.57. The zero-order valence-electron chi connectivity index (χ0n) is 7.82. The third-order valence-electron chi connectivity index (χ3n) is 2.07. The van der Waals surface area contributed by atoms with E-state index in [1.165, 1.54) is 22.2 Å². The van der Waals surface area contributed by atoms with E-state index in [0.717, 1.165) is 5.25 Å². The second-order valence-electron chi connectivity index (χ2n) is 3.19. The molecule has 2 heterocycles. The molecule has 1 aromatic heterocycles. The van der Waals surface area contributed by atoms with Crippen LogP contribution in [0.1, 0.15) is 22.9 Å². The standard InChI is InChI=1S/C9H13NS3/c1-6-5-13-9(10-6)8-7(2)11-3-4-12-8/h5,7-8H,3-4H2,1-2H3. The van der Waals surface area contributed by atoms with Crippen molar-refractivity contribution in [1.82, 2.24) is 4.98 Å². The molecule has 0 radical (unpaired) electrons. The molecule has 13 heavy (non-hydrogen) atoms. The smallest absolute Gasteiger partial charge is 0.107 e. The Morgan fingerprint density at radius 2 is 2.15 bits per heavy atom. The van der Waals surface area contributed by atoms with Crippen LogP contribution in [0.2, 0.25) is 0 Å². The molecule has 0 aliphatic carbocycles. The molecule has 0 spiro atoms. The molecule has 72 valence electrons. The highest BCUT2D eigenvalue weighted by Crippen LogP contribution is 2.43. The Morgan fingerprint density at radius 1 is 1.38 bits per heavy atom. The van der Waals surface area contributed by atoms with Gasteiger partial charge in [0.1, 0.15) is 5.01 Å². The molecule has 0 bridgehead atoms. The van der Waals surface area contributed by atoms with Gasteiger partial charge in [-0.1, -0.05) is 6.92 Å². The fourth-order valence-electron chi connectivity index (χ4n) is 1.41. The van der Waals surface area contributed by atoms with Crippen LogP contribution >= 0.6 is 34.9 Å². The molecule has 0 saturated carbocycles. The number of thioether (sulfide) groups is 2. The van der Waals surface area contributed by atoms with Gasteiger partial charge in [0, 0.05) is 27.8 Å². The van der Waals surface area contributed by atoms with E-state index in [1.807, 2.05) is 11.3 Å². The van der Waals surface area contributed by atoms with E-state index in [9.17, 15) is 0 Å². The Kier molecular flexibility index (Phi) is 3.22. The van der Waals surface area contributed by atoms with Crippen molar-refractivity contribution in [2.45, 2.75) is 24.3 Å². The summed E-state index contributed by atoms with van der Waals surface area (Å²) in [6, 6.07) is 0. The van der Waals surface area contributed by atoms with Gasteiger partial charge in [-0.15, -0.1) is 23.1 Å². The van der Waals surface area contributed by atoms with Gasteiger partial charge >= 0.3 is 0 Å². The highest BCUT2D eigenvalue weighted by atomic mass is 32.2. The third-order valence-corrected chi connectivity index (χ3v) is 6.36. The molecule has 1 aliphatic heterocycles. The Bertz CT molecular complexity index is 284. The SMILES string of the molecule is Cc1csc(C2SCCSC2C)n1. The number of nitrogens with zero attached hydrogens (tertiary/aromatic N) is 1. The van der Waals surface area contributed by atoms with Crippen molar-refractivity contribution in [3.05, 3.63) is 16.1 Å². The molecule has 2 unspecified atom stereocenters. The lowest BCUT2D eigenvalue weighted by molar-refractivity contribution is 0.890. The van der Waals surface area contributed by atoms with Gasteiger partial charge in [-0.25, -0.2) is 4.98 Å². The summed E-state index contributed by atoms with van der Waals surface area (Å²) in [5.41, 5.74) is 1.17. The zero-order valence-corrected chi connectivity index (χ0v) is 10.3. The number of hydrogen-bond acceptors (Lipinski definition) is 4. The fourth-order valence-corrected chi connectivity index (χ4v) is 5.38.